The molecule has 0 spiro atoms. The molecular weight excluding hydrogens is 767 g/mol. The van der Waals surface area contributed by atoms with Gasteiger partial charge in [-0.05, 0) is 0 Å². The summed E-state index contributed by atoms with van der Waals surface area (Å²) in [6.07, 6.45) is 13.8. The van der Waals surface area contributed by atoms with Crippen LogP contribution < -0.4 is 0 Å². The number of hydrogen-bond donors (Lipinski definition) is 0. The van der Waals surface area contributed by atoms with Crippen molar-refractivity contribution >= 4 is 43.8 Å². The van der Waals surface area contributed by atoms with Crippen LogP contribution in [0.2, 0.25) is 9.26 Å². The monoisotopic (exact) mass is 824 g/mol. The van der Waals surface area contributed by atoms with Gasteiger partial charge in [0.25, 0.3) is 0 Å². The molecule has 0 amide bonds. The number of allylic oxidation sites excluding steroid dienone is 4. The maximum Gasteiger partial charge on any atom is -0.147 e. The molecule has 0 saturated carbocycles. The molecule has 0 heterocycles. The summed E-state index contributed by atoms with van der Waals surface area (Å²) in [5.74, 6) is 0.616. The van der Waals surface area contributed by atoms with Crippen LogP contribution in [0.1, 0.15) is 114 Å². The minimum absolute atomic E-state index is 0. The summed E-state index contributed by atoms with van der Waals surface area (Å²) >= 11 is -3.78. The molecule has 0 radical (unpaired) electrons. The van der Waals surface area contributed by atoms with Crippen LogP contribution in [0.5, 0.6) is 0 Å². The Kier molecular flexibility index (Phi) is 11.4. The van der Waals surface area contributed by atoms with Gasteiger partial charge in [0, 0.05) is 0 Å². The van der Waals surface area contributed by atoms with E-state index < -0.39 is 17.4 Å². The number of fused-ring (bicyclic) bond motifs is 2. The SMILES string of the molecule is CC1=Cc2c(-c3ccc(C(C)(C)C)cc3)ccc(C)c2[CH]1[Zr]([CH3])([CH3])(=[SiH2])[CH]1C(C2CC=CCC2)=Cc2c(-c3ccc(C(C)(C)C)cc3)cccc21.Cl.Cl. The van der Waals surface area contributed by atoms with Gasteiger partial charge in [0.1, 0.15) is 0 Å². The molecule has 0 N–H and O–H groups in total. The molecule has 0 saturated heterocycles. The predicted molar refractivity (Wildman–Crippen MR) is 234 cm³/mol. The average Bonchev–Trinajstić information content (AvgIpc) is 3.65. The van der Waals surface area contributed by atoms with Gasteiger partial charge < -0.3 is 0 Å². The first-order chi connectivity index (χ1) is 23.4. The van der Waals surface area contributed by atoms with E-state index in [0.29, 0.717) is 13.2 Å². The Labute approximate surface area is 330 Å². The van der Waals surface area contributed by atoms with Crippen LogP contribution in [0.15, 0.2) is 102 Å². The second kappa shape index (κ2) is 14.5. The van der Waals surface area contributed by atoms with Gasteiger partial charge in [-0.3, -0.25) is 0 Å². The van der Waals surface area contributed by atoms with E-state index in [-0.39, 0.29) is 35.6 Å². The van der Waals surface area contributed by atoms with Gasteiger partial charge in [-0.25, -0.2) is 0 Å². The third-order valence-corrected chi connectivity index (χ3v) is 30.0. The number of halogens is 2. The largest absolute Gasteiger partial charge is 0.147 e. The van der Waals surface area contributed by atoms with E-state index in [9.17, 15) is 0 Å². The van der Waals surface area contributed by atoms with Crippen molar-refractivity contribution in [2.45, 2.75) is 102 Å². The van der Waals surface area contributed by atoms with Gasteiger partial charge in [-0.2, -0.15) is 0 Å². The molecule has 0 aromatic heterocycles. The molecule has 0 bridgehead atoms. The van der Waals surface area contributed by atoms with Gasteiger partial charge in [0.15, 0.2) is 0 Å². The van der Waals surface area contributed by atoms with Crippen LogP contribution in [0.3, 0.4) is 0 Å². The summed E-state index contributed by atoms with van der Waals surface area (Å²) < 4.78 is 6.66. The topological polar surface area (TPSA) is 0 Å². The van der Waals surface area contributed by atoms with Crippen molar-refractivity contribution in [3.05, 3.63) is 141 Å². The standard InChI is InChI=1S/C25H27.C21H23.2CH3.2ClH.H2Si.Zr/c1-25(2,3)22-14-12-19(13-15-22)23-11-7-10-20-16-21(17-24(20)23)18-8-5-4-6-9-18;1-14-12-19-15(2)6-11-18(20(19)13-14)16-7-9-17(10-8-16)21(3,4)5;;;;;;/h4-5,7,10-18H,6,8-9H2,1-3H3;6-13H,1-5H3;2*1H3;2*1H;1H2;. The van der Waals surface area contributed by atoms with E-state index in [4.69, 9.17) is 0 Å². The Bertz CT molecular complexity index is 2140. The molecule has 52 heavy (non-hydrogen) atoms. The molecule has 7 rings (SSSR count). The van der Waals surface area contributed by atoms with E-state index in [2.05, 4.69) is 175 Å². The maximum atomic E-state index is 2.82. The van der Waals surface area contributed by atoms with Crippen molar-refractivity contribution in [1.82, 2.24) is 0 Å². The Morgan fingerprint density at radius 1 is 0.635 bits per heavy atom. The average molecular weight is 827 g/mol. The van der Waals surface area contributed by atoms with E-state index >= 15 is 0 Å². The van der Waals surface area contributed by atoms with Crippen LogP contribution >= 0.6 is 24.8 Å². The molecule has 4 aromatic carbocycles. The van der Waals surface area contributed by atoms with E-state index in [1.54, 1.807) is 22.3 Å². The molecule has 274 valence electrons. The van der Waals surface area contributed by atoms with Gasteiger partial charge in [0.2, 0.25) is 0 Å². The van der Waals surface area contributed by atoms with Crippen molar-refractivity contribution in [2.24, 2.45) is 5.92 Å². The molecule has 0 nitrogen and oxygen atoms in total. The van der Waals surface area contributed by atoms with Crippen molar-refractivity contribution < 1.29 is 17.4 Å². The summed E-state index contributed by atoms with van der Waals surface area (Å²) in [4.78, 5) is 0. The fourth-order valence-electron chi connectivity index (χ4n) is 9.95. The van der Waals surface area contributed by atoms with Crippen molar-refractivity contribution in [3.63, 3.8) is 0 Å². The van der Waals surface area contributed by atoms with E-state index in [0.717, 1.165) is 0 Å². The summed E-state index contributed by atoms with van der Waals surface area (Å²) in [6.45, 7) is 21.2. The zero-order valence-corrected chi connectivity index (χ0v) is 38.7. The molecule has 3 aliphatic rings. The Morgan fingerprint density at radius 2 is 1.19 bits per heavy atom. The normalized spacial score (nSPS) is 19.9. The molecule has 0 fully saturated rings. The fraction of sp³-hybridized carbons (Fsp3) is 0.375. The first-order valence-electron chi connectivity index (χ1n) is 19.0. The Hall–Kier alpha value is -2.22. The van der Waals surface area contributed by atoms with Crippen molar-refractivity contribution in [2.75, 3.05) is 0 Å². The molecule has 4 heteroatoms. The maximum absolute atomic E-state index is 3.78. The number of benzene rings is 4. The van der Waals surface area contributed by atoms with Crippen LogP contribution in [-0.2, 0) is 28.2 Å². The first-order valence-corrected chi connectivity index (χ1v) is 32.7. The van der Waals surface area contributed by atoms with Gasteiger partial charge in [0.05, 0.1) is 0 Å². The molecule has 3 aliphatic carbocycles. The number of aryl methyl sites for hydroxylation is 1. The zero-order valence-electron chi connectivity index (χ0n) is 33.2. The fourth-order valence-corrected chi connectivity index (χ4v) is 30.3. The number of hydrogen-bond acceptors (Lipinski definition) is 0. The van der Waals surface area contributed by atoms with Crippen molar-refractivity contribution in [1.29, 1.82) is 0 Å². The summed E-state index contributed by atoms with van der Waals surface area (Å²) in [6, 6.07) is 30.9. The van der Waals surface area contributed by atoms with Crippen LogP contribution in [0.25, 0.3) is 34.4 Å². The summed E-state index contributed by atoms with van der Waals surface area (Å²) in [5.41, 5.74) is 19.5. The number of rotatable bonds is 5. The summed E-state index contributed by atoms with van der Waals surface area (Å²) in [7, 11) is 0. The molecule has 4 aromatic rings. The Balaban J connectivity index is 0.00000261. The second-order valence-electron chi connectivity index (χ2n) is 19.0. The van der Waals surface area contributed by atoms with Gasteiger partial charge >= 0.3 is 308 Å². The van der Waals surface area contributed by atoms with E-state index in [1.807, 2.05) is 0 Å². The molecule has 0 aliphatic heterocycles. The van der Waals surface area contributed by atoms with Crippen LogP contribution in [-0.4, -0.2) is 6.88 Å². The third kappa shape index (κ3) is 7.17. The molecular formula is C48H60Cl2SiZr. The zero-order chi connectivity index (χ0) is 35.8. The smallest absolute Gasteiger partial charge is 0.147 e. The van der Waals surface area contributed by atoms with Gasteiger partial charge in [-0.1, -0.05) is 0 Å². The minimum Gasteiger partial charge on any atom is -0.147 e. The second-order valence-corrected chi connectivity index (χ2v) is 49.5. The first kappa shape index (κ1) is 41.0. The van der Waals surface area contributed by atoms with Gasteiger partial charge in [-0.15, -0.1) is 24.8 Å². The van der Waals surface area contributed by atoms with Crippen molar-refractivity contribution in [3.8, 4) is 22.3 Å². The molecule has 3 unspecified atom stereocenters. The van der Waals surface area contributed by atoms with Crippen LogP contribution in [0, 0.1) is 12.8 Å². The van der Waals surface area contributed by atoms with Crippen LogP contribution in [0.4, 0.5) is 0 Å². The third-order valence-electron chi connectivity index (χ3n) is 12.5. The summed E-state index contributed by atoms with van der Waals surface area (Å²) in [5, 5.41) is 0. The Morgan fingerprint density at radius 3 is 1.71 bits per heavy atom. The minimum atomic E-state index is -3.78. The predicted octanol–water partition coefficient (Wildman–Crippen LogP) is 14.1. The quantitative estimate of drug-likeness (QED) is 0.139. The molecule has 3 atom stereocenters. The van der Waals surface area contributed by atoms with E-state index in [1.165, 1.54) is 69.3 Å².